The van der Waals surface area contributed by atoms with Gasteiger partial charge in [0, 0.05) is 24.2 Å². The summed E-state index contributed by atoms with van der Waals surface area (Å²) in [6.07, 6.45) is 10.0. The fourth-order valence-corrected chi connectivity index (χ4v) is 5.79. The molecule has 0 spiro atoms. The number of hydrogen-bond acceptors (Lipinski definition) is 4. The molecule has 2 fully saturated rings. The highest BCUT2D eigenvalue weighted by Gasteiger charge is 2.53. The molecule has 0 N–H and O–H groups in total. The van der Waals surface area contributed by atoms with E-state index in [1.165, 1.54) is 6.42 Å². The normalized spacial score (nSPS) is 22.8. The van der Waals surface area contributed by atoms with E-state index in [2.05, 4.69) is 24.6 Å². The molecule has 3 aliphatic rings. The zero-order valence-electron chi connectivity index (χ0n) is 19.2. The molecule has 0 unspecified atom stereocenters. The smallest absolute Gasteiger partial charge is 0.328 e. The van der Waals surface area contributed by atoms with E-state index < -0.39 is 6.04 Å². The van der Waals surface area contributed by atoms with Crippen LogP contribution in [0.4, 0.5) is 4.79 Å². The summed E-state index contributed by atoms with van der Waals surface area (Å²) in [6, 6.07) is 9.14. The molecule has 3 heterocycles. The van der Waals surface area contributed by atoms with Crippen LogP contribution in [0, 0.1) is 0 Å². The highest BCUT2D eigenvalue weighted by molar-refractivity contribution is 6.05. The topological polar surface area (TPSA) is 62.7 Å². The van der Waals surface area contributed by atoms with Crippen molar-refractivity contribution in [3.63, 3.8) is 0 Å². The predicted molar refractivity (Wildman–Crippen MR) is 127 cm³/mol. The Balaban J connectivity index is 1.47. The molecule has 6 nitrogen and oxygen atoms in total. The van der Waals surface area contributed by atoms with Gasteiger partial charge in [-0.3, -0.25) is 14.7 Å². The summed E-state index contributed by atoms with van der Waals surface area (Å²) in [5.41, 5.74) is 3.93. The van der Waals surface area contributed by atoms with E-state index in [0.29, 0.717) is 13.0 Å². The number of fused-ring (bicyclic) bond motifs is 2. The lowest BCUT2D eigenvalue weighted by Gasteiger charge is -2.38. The number of rotatable bonds is 6. The maximum Gasteiger partial charge on any atom is 0.328 e. The fourth-order valence-electron chi connectivity index (χ4n) is 5.79. The van der Waals surface area contributed by atoms with Gasteiger partial charge in [0.2, 0.25) is 0 Å². The Labute approximate surface area is 195 Å². The molecule has 1 saturated heterocycles. The van der Waals surface area contributed by atoms with Crippen molar-refractivity contribution in [2.75, 3.05) is 0 Å². The van der Waals surface area contributed by atoms with E-state index >= 15 is 0 Å². The van der Waals surface area contributed by atoms with Crippen molar-refractivity contribution < 1.29 is 14.3 Å². The lowest BCUT2D eigenvalue weighted by Crippen LogP contribution is -2.44. The predicted octanol–water partition coefficient (Wildman–Crippen LogP) is 5.28. The monoisotopic (exact) mass is 445 g/mol. The van der Waals surface area contributed by atoms with Crippen molar-refractivity contribution in [3.8, 4) is 5.75 Å². The minimum Gasteiger partial charge on any atom is -0.487 e. The van der Waals surface area contributed by atoms with Gasteiger partial charge in [-0.05, 0) is 48.6 Å². The number of ether oxygens (including phenoxy) is 1. The number of carbonyl (C=O) groups is 2. The zero-order valence-corrected chi connectivity index (χ0v) is 19.2. The van der Waals surface area contributed by atoms with Crippen molar-refractivity contribution in [1.29, 1.82) is 0 Å². The molecule has 6 heteroatoms. The molecule has 0 bridgehead atoms. The third kappa shape index (κ3) is 3.71. The Morgan fingerprint density at radius 1 is 1.15 bits per heavy atom. The number of urea groups is 1. The summed E-state index contributed by atoms with van der Waals surface area (Å²) in [7, 11) is 0. The summed E-state index contributed by atoms with van der Waals surface area (Å²) in [4.78, 5) is 34.8. The molecule has 2 aromatic rings. The van der Waals surface area contributed by atoms with Crippen LogP contribution in [0.15, 0.2) is 43.1 Å². The van der Waals surface area contributed by atoms with Gasteiger partial charge in [0.1, 0.15) is 18.4 Å². The zero-order chi connectivity index (χ0) is 22.9. The minimum absolute atomic E-state index is 0.0363. The Bertz CT molecular complexity index is 1060. The fraction of sp³-hybridized carbons (Fsp3) is 0.444. The first-order chi connectivity index (χ1) is 16.1. The van der Waals surface area contributed by atoms with Crippen molar-refractivity contribution in [3.05, 3.63) is 65.5 Å². The second kappa shape index (κ2) is 9.00. The number of amides is 3. The maximum atomic E-state index is 13.5. The van der Waals surface area contributed by atoms with Gasteiger partial charge < -0.3 is 9.64 Å². The first-order valence-electron chi connectivity index (χ1n) is 12.1. The van der Waals surface area contributed by atoms with Crippen LogP contribution in [0.3, 0.4) is 0 Å². The van der Waals surface area contributed by atoms with Crippen molar-refractivity contribution in [2.45, 2.75) is 76.6 Å². The molecule has 1 aromatic heterocycles. The highest BCUT2D eigenvalue weighted by atomic mass is 16.5. The van der Waals surface area contributed by atoms with E-state index in [-0.39, 0.29) is 24.0 Å². The van der Waals surface area contributed by atoms with E-state index in [9.17, 15) is 9.59 Å². The summed E-state index contributed by atoms with van der Waals surface area (Å²) < 4.78 is 6.12. The summed E-state index contributed by atoms with van der Waals surface area (Å²) >= 11 is 0. The second-order valence-electron chi connectivity index (χ2n) is 9.19. The molecule has 172 valence electrons. The van der Waals surface area contributed by atoms with Crippen LogP contribution in [0.5, 0.6) is 5.75 Å². The molecule has 1 aromatic carbocycles. The quantitative estimate of drug-likeness (QED) is 0.568. The standard InChI is InChI=1S/C27H31N3O3/c1-3-20-22-16-24-26(31)29(19-11-6-5-7-12-19)27(32)30(24)23(4-2)21(22)13-14-25(20)33-17-18-10-8-9-15-28-18/h3,8-10,13-15,19,23-24H,1,4-7,11-12,16-17H2,2H3/t23-,24+/m1/s1. The highest BCUT2D eigenvalue weighted by Crippen LogP contribution is 2.44. The van der Waals surface area contributed by atoms with Gasteiger partial charge in [-0.15, -0.1) is 0 Å². The lowest BCUT2D eigenvalue weighted by atomic mass is 9.84. The Morgan fingerprint density at radius 2 is 1.97 bits per heavy atom. The molecule has 1 saturated carbocycles. The van der Waals surface area contributed by atoms with Crippen molar-refractivity contribution in [2.24, 2.45) is 0 Å². The molecule has 5 rings (SSSR count). The van der Waals surface area contributed by atoms with Gasteiger partial charge in [-0.1, -0.05) is 51.0 Å². The third-order valence-corrected chi connectivity index (χ3v) is 7.36. The van der Waals surface area contributed by atoms with Crippen LogP contribution in [0.2, 0.25) is 0 Å². The number of pyridine rings is 1. The number of nitrogens with zero attached hydrogens (tertiary/aromatic N) is 3. The summed E-state index contributed by atoms with van der Waals surface area (Å²) in [5.74, 6) is 0.699. The lowest BCUT2D eigenvalue weighted by molar-refractivity contribution is -0.130. The summed E-state index contributed by atoms with van der Waals surface area (Å²) in [5, 5.41) is 0. The maximum absolute atomic E-state index is 13.5. The van der Waals surface area contributed by atoms with Crippen LogP contribution >= 0.6 is 0 Å². The van der Waals surface area contributed by atoms with E-state index in [1.807, 2.05) is 35.2 Å². The number of carbonyl (C=O) groups excluding carboxylic acids is 2. The first-order valence-corrected chi connectivity index (χ1v) is 12.1. The van der Waals surface area contributed by atoms with Crippen LogP contribution in [0.25, 0.3) is 6.08 Å². The molecular formula is C27H31N3O3. The van der Waals surface area contributed by atoms with E-state index in [0.717, 1.165) is 60.2 Å². The molecule has 1 aliphatic carbocycles. The number of benzene rings is 1. The largest absolute Gasteiger partial charge is 0.487 e. The van der Waals surface area contributed by atoms with Crippen molar-refractivity contribution >= 4 is 18.0 Å². The van der Waals surface area contributed by atoms with Gasteiger partial charge in [0.25, 0.3) is 5.91 Å². The van der Waals surface area contributed by atoms with Crippen LogP contribution in [-0.2, 0) is 17.8 Å². The third-order valence-electron chi connectivity index (χ3n) is 7.36. The number of imide groups is 1. The molecule has 33 heavy (non-hydrogen) atoms. The van der Waals surface area contributed by atoms with Gasteiger partial charge in [0.15, 0.2) is 0 Å². The number of aromatic nitrogens is 1. The molecule has 2 aliphatic heterocycles. The molecule has 3 amide bonds. The minimum atomic E-state index is -0.443. The van der Waals surface area contributed by atoms with Crippen LogP contribution in [-0.4, -0.2) is 38.8 Å². The van der Waals surface area contributed by atoms with E-state index in [1.54, 1.807) is 11.1 Å². The van der Waals surface area contributed by atoms with E-state index in [4.69, 9.17) is 4.74 Å². The van der Waals surface area contributed by atoms with Gasteiger partial charge in [-0.25, -0.2) is 4.79 Å². The van der Waals surface area contributed by atoms with Gasteiger partial charge in [-0.2, -0.15) is 0 Å². The van der Waals surface area contributed by atoms with Gasteiger partial charge in [0.05, 0.1) is 11.7 Å². The molecule has 2 atom stereocenters. The van der Waals surface area contributed by atoms with Crippen molar-refractivity contribution in [1.82, 2.24) is 14.8 Å². The molecule has 0 radical (unpaired) electrons. The van der Waals surface area contributed by atoms with Crippen LogP contribution < -0.4 is 4.74 Å². The molecular weight excluding hydrogens is 414 g/mol. The Hall–Kier alpha value is -3.15. The average Bonchev–Trinajstić information content (AvgIpc) is 3.11. The average molecular weight is 446 g/mol. The first kappa shape index (κ1) is 21.7. The Morgan fingerprint density at radius 3 is 2.67 bits per heavy atom. The SMILES string of the molecule is C=Cc1c(OCc2ccccn2)ccc2c1C[C@H]1C(=O)N(C3CCCCC3)C(=O)N1[C@@H]2CC. The second-order valence-corrected chi connectivity index (χ2v) is 9.19. The summed E-state index contributed by atoms with van der Waals surface area (Å²) in [6.45, 7) is 6.48. The Kier molecular flexibility index (Phi) is 5.92. The van der Waals surface area contributed by atoms with Crippen LogP contribution in [0.1, 0.15) is 73.9 Å². The number of hydrogen-bond donors (Lipinski definition) is 0. The van der Waals surface area contributed by atoms with Gasteiger partial charge >= 0.3 is 6.03 Å².